The highest BCUT2D eigenvalue weighted by molar-refractivity contribution is 5.94. The number of aromatic nitrogens is 3. The molecule has 4 rings (SSSR count). The molecule has 1 fully saturated rings. The Morgan fingerprint density at radius 2 is 1.52 bits per heavy atom. The van der Waals surface area contributed by atoms with Gasteiger partial charge in [-0.2, -0.15) is 0 Å². The van der Waals surface area contributed by atoms with Crippen molar-refractivity contribution in [1.82, 2.24) is 19.7 Å². The first-order valence-electron chi connectivity index (χ1n) is 9.20. The van der Waals surface area contributed by atoms with Crippen molar-refractivity contribution in [2.45, 2.75) is 13.8 Å². The molecule has 1 saturated heterocycles. The molecule has 6 nitrogen and oxygen atoms in total. The second kappa shape index (κ2) is 7.23. The first-order valence-corrected chi connectivity index (χ1v) is 9.20. The summed E-state index contributed by atoms with van der Waals surface area (Å²) in [6.07, 6.45) is 3.89. The zero-order valence-corrected chi connectivity index (χ0v) is 15.7. The monoisotopic (exact) mass is 361 g/mol. The first-order chi connectivity index (χ1) is 13.1. The molecular weight excluding hydrogens is 338 g/mol. The van der Waals surface area contributed by atoms with Gasteiger partial charge in [0.1, 0.15) is 0 Å². The fourth-order valence-electron chi connectivity index (χ4n) is 3.31. The van der Waals surface area contributed by atoms with Crippen LogP contribution in [0.4, 0.5) is 5.82 Å². The van der Waals surface area contributed by atoms with Gasteiger partial charge in [0, 0.05) is 44.1 Å². The average Bonchev–Trinajstić information content (AvgIpc) is 3.25. The molecule has 1 amide bonds. The third-order valence-corrected chi connectivity index (χ3v) is 5.15. The molecule has 0 atom stereocenters. The van der Waals surface area contributed by atoms with Gasteiger partial charge in [-0.3, -0.25) is 4.79 Å². The van der Waals surface area contributed by atoms with Crippen LogP contribution in [0.3, 0.4) is 0 Å². The van der Waals surface area contributed by atoms with Crippen molar-refractivity contribution in [2.75, 3.05) is 31.1 Å². The van der Waals surface area contributed by atoms with Gasteiger partial charge in [-0.1, -0.05) is 6.07 Å². The van der Waals surface area contributed by atoms with E-state index in [9.17, 15) is 4.79 Å². The molecule has 0 radical (unpaired) electrons. The van der Waals surface area contributed by atoms with E-state index in [0.717, 1.165) is 35.9 Å². The number of nitrogens with zero attached hydrogens (tertiary/aromatic N) is 5. The van der Waals surface area contributed by atoms with E-state index >= 15 is 0 Å². The highest BCUT2D eigenvalue weighted by Crippen LogP contribution is 2.17. The van der Waals surface area contributed by atoms with Crippen molar-refractivity contribution in [1.29, 1.82) is 0 Å². The van der Waals surface area contributed by atoms with E-state index in [2.05, 4.69) is 22.0 Å². The van der Waals surface area contributed by atoms with Crippen LogP contribution >= 0.6 is 0 Å². The summed E-state index contributed by atoms with van der Waals surface area (Å²) in [7, 11) is 0. The van der Waals surface area contributed by atoms with E-state index < -0.39 is 0 Å². The van der Waals surface area contributed by atoms with Crippen LogP contribution in [0.25, 0.3) is 5.82 Å². The predicted octanol–water partition coefficient (Wildman–Crippen LogP) is 2.85. The number of piperazine rings is 1. The lowest BCUT2D eigenvalue weighted by Gasteiger charge is -2.35. The lowest BCUT2D eigenvalue weighted by molar-refractivity contribution is 0.0746. The van der Waals surface area contributed by atoms with Crippen LogP contribution < -0.4 is 4.90 Å². The fraction of sp³-hybridized carbons (Fsp3) is 0.286. The second-order valence-electron chi connectivity index (χ2n) is 6.92. The molecule has 6 heteroatoms. The third kappa shape index (κ3) is 3.56. The number of carbonyl (C=O) groups excluding carboxylic acids is 1. The van der Waals surface area contributed by atoms with Crippen molar-refractivity contribution in [2.24, 2.45) is 0 Å². The Morgan fingerprint density at radius 1 is 0.852 bits per heavy atom. The summed E-state index contributed by atoms with van der Waals surface area (Å²) in [6.45, 7) is 6.99. The van der Waals surface area contributed by atoms with Gasteiger partial charge in [-0.15, -0.1) is 10.2 Å². The Bertz CT molecular complexity index is 926. The van der Waals surface area contributed by atoms with Crippen molar-refractivity contribution >= 4 is 11.7 Å². The minimum atomic E-state index is 0.104. The normalized spacial score (nSPS) is 14.4. The second-order valence-corrected chi connectivity index (χ2v) is 6.92. The Morgan fingerprint density at radius 3 is 2.15 bits per heavy atom. The summed E-state index contributed by atoms with van der Waals surface area (Å²) in [5, 5.41) is 8.67. The molecule has 3 heterocycles. The van der Waals surface area contributed by atoms with Gasteiger partial charge in [0.05, 0.1) is 0 Å². The minimum Gasteiger partial charge on any atom is -0.352 e. The zero-order chi connectivity index (χ0) is 18.8. The van der Waals surface area contributed by atoms with Crippen molar-refractivity contribution in [3.8, 4) is 5.82 Å². The highest BCUT2D eigenvalue weighted by atomic mass is 16.2. The summed E-state index contributed by atoms with van der Waals surface area (Å²) in [5.41, 5.74) is 3.12. The maximum Gasteiger partial charge on any atom is 0.253 e. The summed E-state index contributed by atoms with van der Waals surface area (Å²) in [5.74, 6) is 1.75. The number of amides is 1. The molecular formula is C21H23N5O. The lowest BCUT2D eigenvalue weighted by Crippen LogP contribution is -2.49. The molecule has 0 N–H and O–H groups in total. The number of hydrogen-bond acceptors (Lipinski definition) is 4. The lowest BCUT2D eigenvalue weighted by atomic mass is 10.1. The predicted molar refractivity (Wildman–Crippen MR) is 105 cm³/mol. The van der Waals surface area contributed by atoms with Gasteiger partial charge in [-0.05, 0) is 61.4 Å². The van der Waals surface area contributed by atoms with Crippen LogP contribution in [0.1, 0.15) is 21.5 Å². The smallest absolute Gasteiger partial charge is 0.253 e. The number of carbonyl (C=O) groups is 1. The Labute approximate surface area is 159 Å². The summed E-state index contributed by atoms with van der Waals surface area (Å²) in [4.78, 5) is 16.9. The van der Waals surface area contributed by atoms with Gasteiger partial charge in [0.2, 0.25) is 0 Å². The maximum absolute atomic E-state index is 12.8. The highest BCUT2D eigenvalue weighted by Gasteiger charge is 2.23. The van der Waals surface area contributed by atoms with Crippen LogP contribution in [-0.2, 0) is 0 Å². The summed E-state index contributed by atoms with van der Waals surface area (Å²) in [6, 6.07) is 13.8. The van der Waals surface area contributed by atoms with Crippen LogP contribution in [0.15, 0.2) is 54.9 Å². The topological polar surface area (TPSA) is 54.3 Å². The quantitative estimate of drug-likeness (QED) is 0.720. The van der Waals surface area contributed by atoms with Gasteiger partial charge < -0.3 is 14.4 Å². The molecule has 27 heavy (non-hydrogen) atoms. The molecule has 2 aromatic heterocycles. The molecule has 3 aromatic rings. The van der Waals surface area contributed by atoms with Crippen molar-refractivity contribution < 1.29 is 4.79 Å². The summed E-state index contributed by atoms with van der Waals surface area (Å²) < 4.78 is 1.93. The molecule has 1 aliphatic heterocycles. The third-order valence-electron chi connectivity index (χ3n) is 5.15. The molecule has 0 unspecified atom stereocenters. The van der Waals surface area contributed by atoms with Crippen molar-refractivity contribution in [3.05, 3.63) is 71.5 Å². The van der Waals surface area contributed by atoms with Gasteiger partial charge in [0.25, 0.3) is 5.91 Å². The average molecular weight is 361 g/mol. The maximum atomic E-state index is 12.8. The molecule has 1 aromatic carbocycles. The minimum absolute atomic E-state index is 0.104. The first kappa shape index (κ1) is 17.3. The fourth-order valence-corrected chi connectivity index (χ4v) is 3.31. The van der Waals surface area contributed by atoms with Crippen molar-refractivity contribution in [3.63, 3.8) is 0 Å². The number of rotatable bonds is 3. The molecule has 138 valence electrons. The number of aryl methyl sites for hydroxylation is 2. The Balaban J connectivity index is 1.39. The van der Waals surface area contributed by atoms with E-state index in [1.807, 2.05) is 71.2 Å². The number of anilines is 1. The number of benzene rings is 1. The van der Waals surface area contributed by atoms with Crippen LogP contribution in [-0.4, -0.2) is 51.8 Å². The van der Waals surface area contributed by atoms with E-state index in [1.54, 1.807) is 0 Å². The standard InChI is InChI=1S/C21H23N5O/c1-16-5-6-18(15-17(16)2)21(27)26-13-11-25(12-14-26)20-8-7-19(22-23-20)24-9-3-4-10-24/h3-10,15H,11-14H2,1-2H3. The molecule has 0 spiro atoms. The molecule has 0 bridgehead atoms. The van der Waals surface area contributed by atoms with Crippen LogP contribution in [0, 0.1) is 13.8 Å². The van der Waals surface area contributed by atoms with E-state index in [4.69, 9.17) is 0 Å². The van der Waals surface area contributed by atoms with Gasteiger partial charge >= 0.3 is 0 Å². The summed E-state index contributed by atoms with van der Waals surface area (Å²) >= 11 is 0. The molecule has 0 saturated carbocycles. The Hall–Kier alpha value is -3.15. The molecule has 0 aliphatic carbocycles. The van der Waals surface area contributed by atoms with Gasteiger partial charge in [-0.25, -0.2) is 0 Å². The van der Waals surface area contributed by atoms with Crippen LogP contribution in [0.5, 0.6) is 0 Å². The van der Waals surface area contributed by atoms with E-state index in [0.29, 0.717) is 13.1 Å². The largest absolute Gasteiger partial charge is 0.352 e. The van der Waals surface area contributed by atoms with Crippen LogP contribution in [0.2, 0.25) is 0 Å². The molecule has 1 aliphatic rings. The van der Waals surface area contributed by atoms with E-state index in [-0.39, 0.29) is 5.91 Å². The Kier molecular flexibility index (Phi) is 4.62. The SMILES string of the molecule is Cc1ccc(C(=O)N2CCN(c3ccc(-n4cccc4)nn3)CC2)cc1C. The number of hydrogen-bond donors (Lipinski definition) is 0. The van der Waals surface area contributed by atoms with Gasteiger partial charge in [0.15, 0.2) is 11.6 Å². The zero-order valence-electron chi connectivity index (χ0n) is 15.7. The van der Waals surface area contributed by atoms with E-state index in [1.165, 1.54) is 5.56 Å².